The zero-order valence-electron chi connectivity index (χ0n) is 13.8. The lowest BCUT2D eigenvalue weighted by atomic mass is 10.2. The van der Waals surface area contributed by atoms with Gasteiger partial charge in [-0.2, -0.15) is 0 Å². The first kappa shape index (κ1) is 18.6. The van der Waals surface area contributed by atoms with Crippen LogP contribution in [-0.2, 0) is 19.6 Å². The Labute approximate surface area is 144 Å². The van der Waals surface area contributed by atoms with E-state index in [9.17, 15) is 22.4 Å². The molecular weight excluding hydrogens is 349 g/mol. The average Bonchev–Trinajstić information content (AvgIpc) is 2.47. The van der Waals surface area contributed by atoms with Gasteiger partial charge in [-0.05, 0) is 55.0 Å². The Balaban J connectivity index is 2.50. The summed E-state index contributed by atoms with van der Waals surface area (Å²) in [5.74, 6) is -1.61. The fraction of sp³-hybridized carbons (Fsp3) is 0.176. The number of esters is 1. The van der Waals surface area contributed by atoms with Crippen LogP contribution < -0.4 is 9.04 Å². The predicted molar refractivity (Wildman–Crippen MR) is 89.2 cm³/mol. The molecule has 0 saturated heterocycles. The van der Waals surface area contributed by atoms with Crippen LogP contribution in [0.4, 0.5) is 10.1 Å². The fourth-order valence-electron chi connectivity index (χ4n) is 2.31. The Hall–Kier alpha value is -2.74. The van der Waals surface area contributed by atoms with E-state index in [-0.39, 0.29) is 21.9 Å². The lowest BCUT2D eigenvalue weighted by Gasteiger charge is -2.22. The standard InChI is InChI=1S/C17H16FNO5S/c1-11-10-14(18)4-9-17(11)25(22,23)19(12(2)20)15-5-7-16(8-6-15)24-13(3)21/h4-10H,1-3H3. The molecule has 0 atom stereocenters. The van der Waals surface area contributed by atoms with E-state index < -0.39 is 27.7 Å². The number of rotatable bonds is 4. The number of ether oxygens (including phenoxy) is 1. The van der Waals surface area contributed by atoms with E-state index in [0.29, 0.717) is 4.31 Å². The van der Waals surface area contributed by atoms with Gasteiger partial charge in [-0.3, -0.25) is 9.59 Å². The molecule has 2 aromatic rings. The van der Waals surface area contributed by atoms with Gasteiger partial charge in [-0.1, -0.05) is 0 Å². The molecule has 0 aliphatic heterocycles. The first-order valence-electron chi connectivity index (χ1n) is 7.23. The molecule has 132 valence electrons. The van der Waals surface area contributed by atoms with Crippen LogP contribution in [0.5, 0.6) is 5.75 Å². The van der Waals surface area contributed by atoms with Crippen LogP contribution in [0.3, 0.4) is 0 Å². The number of hydrogen-bond donors (Lipinski definition) is 0. The van der Waals surface area contributed by atoms with E-state index >= 15 is 0 Å². The molecule has 0 aliphatic rings. The molecule has 0 spiro atoms. The van der Waals surface area contributed by atoms with E-state index in [1.165, 1.54) is 38.1 Å². The number of aryl methyl sites for hydroxylation is 1. The summed E-state index contributed by atoms with van der Waals surface area (Å²) in [4.78, 5) is 22.8. The minimum Gasteiger partial charge on any atom is -0.427 e. The number of halogens is 1. The summed E-state index contributed by atoms with van der Waals surface area (Å²) in [5, 5.41) is 0. The maximum atomic E-state index is 13.3. The van der Waals surface area contributed by atoms with Gasteiger partial charge in [0.05, 0.1) is 10.6 Å². The monoisotopic (exact) mass is 365 g/mol. The van der Waals surface area contributed by atoms with Crippen LogP contribution >= 0.6 is 0 Å². The zero-order valence-corrected chi connectivity index (χ0v) is 14.6. The molecule has 0 unspecified atom stereocenters. The third kappa shape index (κ3) is 4.03. The number of anilines is 1. The molecule has 0 N–H and O–H groups in total. The van der Waals surface area contributed by atoms with Crippen molar-refractivity contribution in [3.05, 3.63) is 53.8 Å². The van der Waals surface area contributed by atoms with Crippen LogP contribution in [0.2, 0.25) is 0 Å². The highest BCUT2D eigenvalue weighted by atomic mass is 32.2. The van der Waals surface area contributed by atoms with Gasteiger partial charge in [0.1, 0.15) is 11.6 Å². The summed E-state index contributed by atoms with van der Waals surface area (Å²) in [6.45, 7) is 3.78. The van der Waals surface area contributed by atoms with Gasteiger partial charge in [-0.15, -0.1) is 0 Å². The van der Waals surface area contributed by atoms with Crippen LogP contribution in [-0.4, -0.2) is 20.3 Å². The van der Waals surface area contributed by atoms with Crippen molar-refractivity contribution >= 4 is 27.6 Å². The summed E-state index contributed by atoms with van der Waals surface area (Å²) < 4.78 is 44.5. The second-order valence-corrected chi connectivity index (χ2v) is 7.04. The molecule has 8 heteroatoms. The fourth-order valence-corrected chi connectivity index (χ4v) is 3.95. The van der Waals surface area contributed by atoms with Crippen LogP contribution in [0.1, 0.15) is 19.4 Å². The van der Waals surface area contributed by atoms with Crippen molar-refractivity contribution in [3.8, 4) is 5.75 Å². The van der Waals surface area contributed by atoms with Crippen LogP contribution in [0, 0.1) is 12.7 Å². The van der Waals surface area contributed by atoms with Crippen molar-refractivity contribution in [3.63, 3.8) is 0 Å². The number of nitrogens with zero attached hydrogens (tertiary/aromatic N) is 1. The molecule has 2 rings (SSSR count). The number of amides is 1. The summed E-state index contributed by atoms with van der Waals surface area (Å²) in [6.07, 6.45) is 0. The van der Waals surface area contributed by atoms with Crippen LogP contribution in [0.15, 0.2) is 47.4 Å². The Kier molecular flexibility index (Phi) is 5.22. The van der Waals surface area contributed by atoms with Crippen LogP contribution in [0.25, 0.3) is 0 Å². The van der Waals surface area contributed by atoms with Crippen molar-refractivity contribution in [1.82, 2.24) is 0 Å². The third-order valence-corrected chi connectivity index (χ3v) is 5.24. The van der Waals surface area contributed by atoms with E-state index in [1.807, 2.05) is 0 Å². The molecule has 0 heterocycles. The maximum Gasteiger partial charge on any atom is 0.308 e. The van der Waals surface area contributed by atoms with Gasteiger partial charge >= 0.3 is 5.97 Å². The largest absolute Gasteiger partial charge is 0.427 e. The molecule has 2 aromatic carbocycles. The van der Waals surface area contributed by atoms with Crippen molar-refractivity contribution in [1.29, 1.82) is 0 Å². The van der Waals surface area contributed by atoms with Gasteiger partial charge in [0.2, 0.25) is 5.91 Å². The van der Waals surface area contributed by atoms with E-state index in [4.69, 9.17) is 4.74 Å². The van der Waals surface area contributed by atoms with Gasteiger partial charge in [0, 0.05) is 13.8 Å². The van der Waals surface area contributed by atoms with Gasteiger partial charge in [0.25, 0.3) is 10.0 Å². The summed E-state index contributed by atoms with van der Waals surface area (Å²) in [5.41, 5.74) is 0.259. The Morgan fingerprint density at radius 1 is 1.04 bits per heavy atom. The van der Waals surface area contributed by atoms with E-state index in [2.05, 4.69) is 0 Å². The van der Waals surface area contributed by atoms with Gasteiger partial charge in [-0.25, -0.2) is 17.1 Å². The highest BCUT2D eigenvalue weighted by molar-refractivity contribution is 7.93. The smallest absolute Gasteiger partial charge is 0.308 e. The Morgan fingerprint density at radius 2 is 1.64 bits per heavy atom. The van der Waals surface area contributed by atoms with Crippen molar-refractivity contribution in [2.45, 2.75) is 25.7 Å². The zero-order chi connectivity index (χ0) is 18.8. The van der Waals surface area contributed by atoms with Crippen molar-refractivity contribution in [2.24, 2.45) is 0 Å². The lowest BCUT2D eigenvalue weighted by Crippen LogP contribution is -2.35. The summed E-state index contributed by atoms with van der Waals surface area (Å²) in [7, 11) is -4.23. The average molecular weight is 365 g/mol. The van der Waals surface area contributed by atoms with Gasteiger partial charge < -0.3 is 4.74 Å². The molecule has 1 amide bonds. The second-order valence-electron chi connectivity index (χ2n) is 5.29. The number of benzene rings is 2. The number of carbonyl (C=O) groups is 2. The molecule has 25 heavy (non-hydrogen) atoms. The van der Waals surface area contributed by atoms with Crippen molar-refractivity contribution < 1.29 is 27.1 Å². The number of carbonyl (C=O) groups excluding carboxylic acids is 2. The predicted octanol–water partition coefficient (Wildman–Crippen LogP) is 2.80. The quantitative estimate of drug-likeness (QED) is 0.615. The first-order chi connectivity index (χ1) is 11.6. The minimum absolute atomic E-state index is 0.0760. The minimum atomic E-state index is -4.23. The molecule has 0 aromatic heterocycles. The Morgan fingerprint density at radius 3 is 2.12 bits per heavy atom. The topological polar surface area (TPSA) is 80.8 Å². The molecule has 0 radical (unpaired) electrons. The maximum absolute atomic E-state index is 13.3. The Bertz CT molecular complexity index is 923. The molecule has 0 saturated carbocycles. The van der Waals surface area contributed by atoms with E-state index in [1.54, 1.807) is 0 Å². The highest BCUT2D eigenvalue weighted by Crippen LogP contribution is 2.28. The van der Waals surface area contributed by atoms with Gasteiger partial charge in [0.15, 0.2) is 0 Å². The van der Waals surface area contributed by atoms with Crippen molar-refractivity contribution in [2.75, 3.05) is 4.31 Å². The SMILES string of the molecule is CC(=O)Oc1ccc(N(C(C)=O)S(=O)(=O)c2ccc(F)cc2C)cc1. The summed E-state index contributed by atoms with van der Waals surface area (Å²) >= 11 is 0. The number of hydrogen-bond acceptors (Lipinski definition) is 5. The third-order valence-electron chi connectivity index (χ3n) is 3.27. The lowest BCUT2D eigenvalue weighted by molar-refractivity contribution is -0.131. The first-order valence-corrected chi connectivity index (χ1v) is 8.67. The molecule has 0 aliphatic carbocycles. The normalized spacial score (nSPS) is 11.0. The molecule has 0 bridgehead atoms. The second kappa shape index (κ2) is 7.02. The molecule has 6 nitrogen and oxygen atoms in total. The van der Waals surface area contributed by atoms with E-state index in [0.717, 1.165) is 25.1 Å². The molecule has 0 fully saturated rings. The highest BCUT2D eigenvalue weighted by Gasteiger charge is 2.30. The molecular formula is C17H16FNO5S. The summed E-state index contributed by atoms with van der Waals surface area (Å²) in [6, 6.07) is 8.64. The number of sulfonamides is 1.